The van der Waals surface area contributed by atoms with Crippen LogP contribution in [0.5, 0.6) is 0 Å². The van der Waals surface area contributed by atoms with Crippen molar-refractivity contribution in [1.82, 2.24) is 10.6 Å². The number of carbonyl (C=O) groups excluding carboxylic acids is 3. The smallest absolute Gasteiger partial charge is 0.550 e. The first-order valence-electron chi connectivity index (χ1n) is 19.9. The zero-order chi connectivity index (χ0) is 35.3. The molecule has 10 heteroatoms. The molecule has 0 aliphatic heterocycles. The number of amides is 2. The molecule has 0 aromatic heterocycles. The molecule has 0 heterocycles. The van der Waals surface area contributed by atoms with Crippen LogP contribution >= 0.6 is 11.8 Å². The number of nitrogens with one attached hydrogen (secondary N) is 2. The fraction of sp³-hybridized carbons (Fsp3) is 0.897. The summed E-state index contributed by atoms with van der Waals surface area (Å²) in [4.78, 5) is 45.7. The molecule has 3 N–H and O–H groups in total. The molecule has 282 valence electrons. The van der Waals surface area contributed by atoms with Crippen LogP contribution in [-0.2, 0) is 19.2 Å². The first-order valence-corrected chi connectivity index (χ1v) is 21.1. The predicted molar refractivity (Wildman–Crippen MR) is 199 cm³/mol. The first kappa shape index (κ1) is 50.3. The molecular weight excluding hydrogens is 647 g/mol. The summed E-state index contributed by atoms with van der Waals surface area (Å²) >= 11 is 2.15. The molecule has 0 aliphatic rings. The van der Waals surface area contributed by atoms with Gasteiger partial charge in [0, 0.05) is 25.4 Å². The molecule has 0 radical (unpaired) electrons. The summed E-state index contributed by atoms with van der Waals surface area (Å²) in [6, 6.07) is -1.19. The molecule has 1 atom stereocenters. The van der Waals surface area contributed by atoms with Crippen LogP contribution < -0.4 is 45.3 Å². The van der Waals surface area contributed by atoms with Gasteiger partial charge in [-0.05, 0) is 56.5 Å². The van der Waals surface area contributed by atoms with E-state index in [1.807, 2.05) is 0 Å². The monoisotopic (exact) mass is 721 g/mol. The Kier molecular flexibility index (Phi) is 41.1. The van der Waals surface area contributed by atoms with E-state index in [1.165, 1.54) is 114 Å². The van der Waals surface area contributed by atoms with Crippen molar-refractivity contribution in [3.63, 3.8) is 0 Å². The summed E-state index contributed by atoms with van der Waals surface area (Å²) in [6.07, 6.45) is 32.7. The molecular formula is C39H73N2NaO6S. The molecule has 1 unspecified atom stereocenters. The van der Waals surface area contributed by atoms with Crippen LogP contribution in [-0.4, -0.2) is 53.0 Å². The van der Waals surface area contributed by atoms with Gasteiger partial charge in [0.1, 0.15) is 6.04 Å². The standard InChI is InChI=1S/C39H74N2O6S.Na/c1-2-3-4-5-6-7-11-16-21-26-33-48-34-27-22-17-12-9-13-18-23-28-36(42)40-32-25-20-15-10-8-14-19-24-29-37(43)41-35(39(46)47)30-31-38(44)45;/h35H,2-34H2,1H3,(H,40,42)(H,41,43)(H,44,45)(H,46,47);/q;+1/p-1. The molecule has 0 rings (SSSR count). The third kappa shape index (κ3) is 39.9. The van der Waals surface area contributed by atoms with Crippen LogP contribution in [0.4, 0.5) is 0 Å². The summed E-state index contributed by atoms with van der Waals surface area (Å²) in [5.41, 5.74) is 0. The Morgan fingerprint density at radius 3 is 1.37 bits per heavy atom. The Balaban J connectivity index is 0. The van der Waals surface area contributed by atoms with Crippen molar-refractivity contribution in [2.45, 2.75) is 206 Å². The first-order chi connectivity index (χ1) is 23.4. The van der Waals surface area contributed by atoms with Crippen LogP contribution in [0.3, 0.4) is 0 Å². The van der Waals surface area contributed by atoms with Gasteiger partial charge in [0.25, 0.3) is 0 Å². The number of hydrogen-bond donors (Lipinski definition) is 3. The van der Waals surface area contributed by atoms with E-state index in [2.05, 4.69) is 29.3 Å². The van der Waals surface area contributed by atoms with Crippen molar-refractivity contribution in [3.8, 4) is 0 Å². The number of rotatable bonds is 38. The van der Waals surface area contributed by atoms with Crippen molar-refractivity contribution in [1.29, 1.82) is 0 Å². The summed E-state index contributed by atoms with van der Waals surface area (Å²) < 4.78 is 0. The minimum atomic E-state index is -1.33. The molecule has 0 fully saturated rings. The topological polar surface area (TPSA) is 136 Å². The number of carboxylic acids is 2. The molecule has 0 saturated heterocycles. The number of carbonyl (C=O) groups is 4. The van der Waals surface area contributed by atoms with Crippen LogP contribution in [0.2, 0.25) is 0 Å². The van der Waals surface area contributed by atoms with Crippen LogP contribution in [0.1, 0.15) is 200 Å². The summed E-state index contributed by atoms with van der Waals surface area (Å²) in [7, 11) is 0. The van der Waals surface area contributed by atoms with E-state index in [1.54, 1.807) is 0 Å². The Bertz CT molecular complexity index is 789. The molecule has 8 nitrogen and oxygen atoms in total. The second kappa shape index (κ2) is 40.0. The van der Waals surface area contributed by atoms with Gasteiger partial charge in [0.15, 0.2) is 0 Å². The van der Waals surface area contributed by atoms with E-state index in [9.17, 15) is 24.3 Å². The molecule has 0 aromatic carbocycles. The summed E-state index contributed by atoms with van der Waals surface area (Å²) in [5.74, 6) is -0.0597. The maximum atomic E-state index is 12.1. The number of aliphatic carboxylic acids is 2. The van der Waals surface area contributed by atoms with Gasteiger partial charge in [-0.1, -0.05) is 142 Å². The largest absolute Gasteiger partial charge is 1.00 e. The summed E-state index contributed by atoms with van der Waals surface area (Å²) in [5, 5.41) is 25.1. The van der Waals surface area contributed by atoms with Gasteiger partial charge >= 0.3 is 35.5 Å². The fourth-order valence-electron chi connectivity index (χ4n) is 5.92. The maximum Gasteiger partial charge on any atom is 1.00 e. The van der Waals surface area contributed by atoms with Gasteiger partial charge in [0.05, 0.1) is 0 Å². The normalized spacial score (nSPS) is 11.5. The molecule has 0 aliphatic carbocycles. The van der Waals surface area contributed by atoms with E-state index < -0.39 is 24.4 Å². The average molecular weight is 721 g/mol. The predicted octanol–water partition coefficient (Wildman–Crippen LogP) is 5.88. The summed E-state index contributed by atoms with van der Waals surface area (Å²) in [6.45, 7) is 3.04. The quantitative estimate of drug-likeness (QED) is 0.0536. The maximum absolute atomic E-state index is 12.1. The van der Waals surface area contributed by atoms with Gasteiger partial charge in [-0.2, -0.15) is 11.8 Å². The zero-order valence-corrected chi connectivity index (χ0v) is 34.6. The van der Waals surface area contributed by atoms with E-state index in [0.29, 0.717) is 12.8 Å². The third-order valence-corrected chi connectivity index (χ3v) is 10.2. The minimum absolute atomic E-state index is 0. The van der Waals surface area contributed by atoms with Crippen molar-refractivity contribution in [3.05, 3.63) is 0 Å². The fourth-order valence-corrected chi connectivity index (χ4v) is 6.94. The van der Waals surface area contributed by atoms with Gasteiger partial charge in [-0.15, -0.1) is 0 Å². The van der Waals surface area contributed by atoms with Gasteiger partial charge in [-0.3, -0.25) is 9.59 Å². The van der Waals surface area contributed by atoms with E-state index >= 15 is 0 Å². The van der Waals surface area contributed by atoms with E-state index in [0.717, 1.165) is 64.3 Å². The molecule has 0 aromatic rings. The molecule has 0 saturated carbocycles. The van der Waals surface area contributed by atoms with Crippen LogP contribution in [0, 0.1) is 0 Å². The Morgan fingerprint density at radius 2 is 0.939 bits per heavy atom. The van der Waals surface area contributed by atoms with Gasteiger partial charge < -0.3 is 25.6 Å². The second-order valence-corrected chi connectivity index (χ2v) is 14.9. The number of hydrogen-bond acceptors (Lipinski definition) is 6. The third-order valence-electron chi connectivity index (χ3n) is 9.01. The Morgan fingerprint density at radius 1 is 0.551 bits per heavy atom. The van der Waals surface area contributed by atoms with E-state index in [4.69, 9.17) is 5.11 Å². The molecule has 49 heavy (non-hydrogen) atoms. The van der Waals surface area contributed by atoms with Crippen molar-refractivity contribution >= 4 is 35.5 Å². The van der Waals surface area contributed by atoms with Crippen LogP contribution in [0.25, 0.3) is 0 Å². The Labute approximate surface area is 326 Å². The minimum Gasteiger partial charge on any atom is -0.550 e. The Hall–Kier alpha value is -0.770. The van der Waals surface area contributed by atoms with Crippen molar-refractivity contribution < 1.29 is 58.9 Å². The van der Waals surface area contributed by atoms with Crippen LogP contribution in [0.15, 0.2) is 0 Å². The number of carboxylic acid groups (broad SMARTS) is 2. The van der Waals surface area contributed by atoms with Gasteiger partial charge in [-0.25, -0.2) is 4.79 Å². The SMILES string of the molecule is CCCCCCCCCCCCSCCCCCCCCCCC(=O)NCCCCCCCCCCC(=O)NC(CCC(=O)[O-])C(=O)O.[Na+]. The zero-order valence-electron chi connectivity index (χ0n) is 31.8. The molecule has 0 bridgehead atoms. The van der Waals surface area contributed by atoms with Crippen molar-refractivity contribution in [2.24, 2.45) is 0 Å². The molecule has 2 amide bonds. The average Bonchev–Trinajstić information content (AvgIpc) is 3.06. The van der Waals surface area contributed by atoms with Gasteiger partial charge in [0.2, 0.25) is 11.8 Å². The second-order valence-electron chi connectivity index (χ2n) is 13.7. The molecule has 0 spiro atoms. The van der Waals surface area contributed by atoms with E-state index in [-0.39, 0.29) is 54.2 Å². The van der Waals surface area contributed by atoms with Crippen molar-refractivity contribution in [2.75, 3.05) is 18.1 Å². The number of unbranched alkanes of at least 4 members (excludes halogenated alkanes) is 23. The number of thioether (sulfide) groups is 1.